The maximum Gasteiger partial charge on any atom is 0.266 e. The van der Waals surface area contributed by atoms with Gasteiger partial charge in [-0.3, -0.25) is 4.79 Å². The van der Waals surface area contributed by atoms with E-state index in [0.29, 0.717) is 0 Å². The van der Waals surface area contributed by atoms with Crippen molar-refractivity contribution in [3.8, 4) is 6.07 Å². The Morgan fingerprint density at radius 3 is 2.25 bits per heavy atom. The molecule has 2 saturated heterocycles. The van der Waals surface area contributed by atoms with E-state index >= 15 is 0 Å². The van der Waals surface area contributed by atoms with Crippen LogP contribution in [0, 0.1) is 11.3 Å². The summed E-state index contributed by atoms with van der Waals surface area (Å²) in [7, 11) is 0. The van der Waals surface area contributed by atoms with Crippen molar-refractivity contribution in [2.75, 3.05) is 44.2 Å². The molecule has 2 heterocycles. The lowest BCUT2D eigenvalue weighted by Crippen LogP contribution is -2.44. The summed E-state index contributed by atoms with van der Waals surface area (Å²) in [4.78, 5) is 18.7. The first-order valence-corrected chi connectivity index (χ1v) is 8.73. The first-order chi connectivity index (χ1) is 11.8. The van der Waals surface area contributed by atoms with Crippen molar-refractivity contribution in [3.05, 3.63) is 42.1 Å². The van der Waals surface area contributed by atoms with Crippen molar-refractivity contribution in [3.63, 3.8) is 0 Å². The lowest BCUT2D eigenvalue weighted by atomic mass is 10.1. The van der Waals surface area contributed by atoms with Gasteiger partial charge in [0.2, 0.25) is 0 Å². The molecular weight excluding hydrogens is 300 g/mol. The van der Waals surface area contributed by atoms with Crippen LogP contribution in [0.25, 0.3) is 0 Å². The third-order valence-electron chi connectivity index (χ3n) is 4.74. The Morgan fingerprint density at radius 2 is 1.62 bits per heavy atom. The molecule has 0 aliphatic carbocycles. The predicted octanol–water partition coefficient (Wildman–Crippen LogP) is 2.23. The van der Waals surface area contributed by atoms with Crippen LogP contribution in [0.1, 0.15) is 19.3 Å². The molecule has 2 aliphatic heterocycles. The molecule has 24 heavy (non-hydrogen) atoms. The van der Waals surface area contributed by atoms with Crippen LogP contribution >= 0.6 is 0 Å². The average molecular weight is 324 g/mol. The van der Waals surface area contributed by atoms with Gasteiger partial charge < -0.3 is 14.7 Å². The Morgan fingerprint density at radius 1 is 0.958 bits per heavy atom. The van der Waals surface area contributed by atoms with Crippen LogP contribution < -0.4 is 4.90 Å². The van der Waals surface area contributed by atoms with Crippen LogP contribution in [0.5, 0.6) is 0 Å². The van der Waals surface area contributed by atoms with Gasteiger partial charge >= 0.3 is 0 Å². The fourth-order valence-electron chi connectivity index (χ4n) is 3.33. The van der Waals surface area contributed by atoms with E-state index in [-0.39, 0.29) is 11.5 Å². The van der Waals surface area contributed by atoms with Crippen LogP contribution in [0.4, 0.5) is 5.69 Å². The van der Waals surface area contributed by atoms with E-state index in [9.17, 15) is 10.1 Å². The molecule has 0 saturated carbocycles. The van der Waals surface area contributed by atoms with Gasteiger partial charge in [-0.2, -0.15) is 5.26 Å². The first-order valence-electron chi connectivity index (χ1n) is 8.73. The quantitative estimate of drug-likeness (QED) is 0.632. The molecule has 0 bridgehead atoms. The highest BCUT2D eigenvalue weighted by Crippen LogP contribution is 2.17. The van der Waals surface area contributed by atoms with Gasteiger partial charge in [0.25, 0.3) is 5.91 Å². The van der Waals surface area contributed by atoms with Crippen LogP contribution in [0.3, 0.4) is 0 Å². The number of amides is 1. The lowest BCUT2D eigenvalue weighted by Gasteiger charge is -2.36. The second-order valence-electron chi connectivity index (χ2n) is 6.37. The number of carbonyl (C=O) groups excluding carboxylic acids is 1. The van der Waals surface area contributed by atoms with E-state index < -0.39 is 0 Å². The van der Waals surface area contributed by atoms with Gasteiger partial charge in [-0.1, -0.05) is 18.2 Å². The normalized spacial score (nSPS) is 19.1. The van der Waals surface area contributed by atoms with Crippen molar-refractivity contribution in [2.24, 2.45) is 0 Å². The molecule has 0 spiro atoms. The lowest BCUT2D eigenvalue weighted by molar-refractivity contribution is -0.127. The number of benzene rings is 1. The number of piperazine rings is 1. The summed E-state index contributed by atoms with van der Waals surface area (Å²) in [5.41, 5.74) is 1.50. The van der Waals surface area contributed by atoms with E-state index in [1.54, 1.807) is 6.20 Å². The van der Waals surface area contributed by atoms with Crippen LogP contribution in [0.2, 0.25) is 0 Å². The van der Waals surface area contributed by atoms with E-state index in [2.05, 4.69) is 28.0 Å². The summed E-state index contributed by atoms with van der Waals surface area (Å²) in [6.07, 6.45) is 5.02. The van der Waals surface area contributed by atoms with Gasteiger partial charge in [-0.05, 0) is 31.4 Å². The number of hydrogen-bond donors (Lipinski definition) is 0. The molecule has 1 aromatic rings. The molecule has 3 rings (SSSR count). The number of hydrogen-bond acceptors (Lipinski definition) is 4. The Balaban J connectivity index is 1.59. The second kappa shape index (κ2) is 7.87. The highest BCUT2D eigenvalue weighted by atomic mass is 16.2. The molecular formula is C19H24N4O. The zero-order chi connectivity index (χ0) is 16.8. The molecule has 0 unspecified atom stereocenters. The zero-order valence-electron chi connectivity index (χ0n) is 14.0. The monoisotopic (exact) mass is 324 g/mol. The number of nitriles is 1. The minimum Gasteiger partial charge on any atom is -0.373 e. The number of para-hydroxylation sites is 1. The third-order valence-corrected chi connectivity index (χ3v) is 4.74. The highest BCUT2D eigenvalue weighted by Gasteiger charge is 2.22. The molecule has 0 atom stereocenters. The van der Waals surface area contributed by atoms with Crippen LogP contribution in [-0.4, -0.2) is 55.0 Å². The number of nitrogens with zero attached hydrogens (tertiary/aromatic N) is 4. The SMILES string of the molecule is N#C/C(=C/N1CCN(c2ccccc2)CC1)C(=O)N1CCCCC1. The van der Waals surface area contributed by atoms with Crippen molar-refractivity contribution < 1.29 is 4.79 Å². The number of anilines is 1. The Kier molecular flexibility index (Phi) is 5.37. The largest absolute Gasteiger partial charge is 0.373 e. The molecule has 2 fully saturated rings. The van der Waals surface area contributed by atoms with E-state index in [1.165, 1.54) is 12.1 Å². The topological polar surface area (TPSA) is 50.6 Å². The van der Waals surface area contributed by atoms with Crippen LogP contribution in [0.15, 0.2) is 42.1 Å². The smallest absolute Gasteiger partial charge is 0.266 e. The molecule has 5 heteroatoms. The van der Waals surface area contributed by atoms with Gasteiger partial charge in [0.05, 0.1) is 0 Å². The Labute approximate surface area is 143 Å². The fraction of sp³-hybridized carbons (Fsp3) is 0.474. The maximum absolute atomic E-state index is 12.5. The Bertz CT molecular complexity index is 621. The Hall–Kier alpha value is -2.48. The van der Waals surface area contributed by atoms with Crippen molar-refractivity contribution in [1.82, 2.24) is 9.80 Å². The molecule has 0 N–H and O–H groups in total. The van der Waals surface area contributed by atoms with Crippen LogP contribution in [-0.2, 0) is 4.79 Å². The standard InChI is InChI=1S/C19H24N4O/c20-15-17(19(24)23-9-5-2-6-10-23)16-21-11-13-22(14-12-21)18-7-3-1-4-8-18/h1,3-4,7-8,16H,2,5-6,9-14H2/b17-16-. The molecule has 0 radical (unpaired) electrons. The fourth-order valence-corrected chi connectivity index (χ4v) is 3.33. The maximum atomic E-state index is 12.5. The minimum atomic E-state index is -0.109. The van der Waals surface area contributed by atoms with Gasteiger partial charge in [-0.15, -0.1) is 0 Å². The molecule has 2 aliphatic rings. The second-order valence-corrected chi connectivity index (χ2v) is 6.37. The summed E-state index contributed by atoms with van der Waals surface area (Å²) in [6.45, 7) is 5.01. The van der Waals surface area contributed by atoms with E-state index in [0.717, 1.165) is 52.1 Å². The molecule has 126 valence electrons. The van der Waals surface area contributed by atoms with Crippen molar-refractivity contribution in [2.45, 2.75) is 19.3 Å². The number of rotatable bonds is 3. The number of likely N-dealkylation sites (tertiary alicyclic amines) is 1. The summed E-state index contributed by atoms with van der Waals surface area (Å²) in [5, 5.41) is 9.38. The average Bonchev–Trinajstić information content (AvgIpc) is 2.67. The van der Waals surface area contributed by atoms with Gasteiger partial charge in [0, 0.05) is 51.2 Å². The molecule has 5 nitrogen and oxygen atoms in total. The minimum absolute atomic E-state index is 0.109. The van der Waals surface area contributed by atoms with Gasteiger partial charge in [0.1, 0.15) is 11.6 Å². The van der Waals surface area contributed by atoms with Crippen molar-refractivity contribution >= 4 is 11.6 Å². The van der Waals surface area contributed by atoms with Gasteiger partial charge in [0.15, 0.2) is 0 Å². The summed E-state index contributed by atoms with van der Waals surface area (Å²) < 4.78 is 0. The highest BCUT2D eigenvalue weighted by molar-refractivity contribution is 5.97. The number of piperidine rings is 1. The van der Waals surface area contributed by atoms with Gasteiger partial charge in [-0.25, -0.2) is 0 Å². The van der Waals surface area contributed by atoms with E-state index in [1.807, 2.05) is 23.1 Å². The van der Waals surface area contributed by atoms with Crippen molar-refractivity contribution in [1.29, 1.82) is 5.26 Å². The molecule has 0 aromatic heterocycles. The predicted molar refractivity (Wildman–Crippen MR) is 94.4 cm³/mol. The third kappa shape index (κ3) is 3.88. The first kappa shape index (κ1) is 16.4. The molecule has 1 aromatic carbocycles. The number of carbonyl (C=O) groups is 1. The summed E-state index contributed by atoms with van der Waals surface area (Å²) in [6, 6.07) is 12.5. The summed E-state index contributed by atoms with van der Waals surface area (Å²) >= 11 is 0. The zero-order valence-corrected chi connectivity index (χ0v) is 14.0. The molecule has 1 amide bonds. The van der Waals surface area contributed by atoms with E-state index in [4.69, 9.17) is 0 Å². The summed E-state index contributed by atoms with van der Waals surface area (Å²) in [5.74, 6) is -0.109.